The van der Waals surface area contributed by atoms with E-state index in [9.17, 15) is 9.59 Å². The maximum atomic E-state index is 12.9. The maximum absolute atomic E-state index is 12.9. The van der Waals surface area contributed by atoms with Crippen LogP contribution in [0.3, 0.4) is 0 Å². The highest BCUT2D eigenvalue weighted by Crippen LogP contribution is 2.37. The number of para-hydroxylation sites is 1. The minimum absolute atomic E-state index is 0.157. The summed E-state index contributed by atoms with van der Waals surface area (Å²) in [5.74, 6) is -0.194. The van der Waals surface area contributed by atoms with Crippen LogP contribution in [0.5, 0.6) is 5.75 Å². The molecule has 29 heavy (non-hydrogen) atoms. The molecule has 3 heterocycles. The third kappa shape index (κ3) is 3.61. The Morgan fingerprint density at radius 3 is 2.90 bits per heavy atom. The molecule has 7 nitrogen and oxygen atoms in total. The number of primary amides is 1. The molecular formula is C21H23N3O4S. The third-order valence-electron chi connectivity index (χ3n) is 5.09. The number of likely N-dealkylation sites (N-methyl/N-ethyl adjacent to an activating group) is 1. The quantitative estimate of drug-likeness (QED) is 0.643. The number of benzene rings is 1. The highest BCUT2D eigenvalue weighted by Gasteiger charge is 2.28. The number of carbonyl (C=O) groups excluding carboxylic acids is 2. The van der Waals surface area contributed by atoms with Crippen molar-refractivity contribution in [2.24, 2.45) is 5.73 Å². The van der Waals surface area contributed by atoms with Gasteiger partial charge in [-0.2, -0.15) is 0 Å². The highest BCUT2D eigenvalue weighted by atomic mass is 32.1. The van der Waals surface area contributed by atoms with Gasteiger partial charge in [-0.15, -0.1) is 11.3 Å². The van der Waals surface area contributed by atoms with Crippen LogP contribution in [0.4, 0.5) is 5.00 Å². The number of rotatable bonds is 6. The van der Waals surface area contributed by atoms with Gasteiger partial charge in [0.1, 0.15) is 5.00 Å². The van der Waals surface area contributed by atoms with E-state index in [2.05, 4.69) is 17.1 Å². The molecule has 4 rings (SSSR count). The third-order valence-corrected chi connectivity index (χ3v) is 6.22. The van der Waals surface area contributed by atoms with Crippen LogP contribution < -0.4 is 15.8 Å². The number of hydrogen-bond acceptors (Lipinski definition) is 6. The van der Waals surface area contributed by atoms with Gasteiger partial charge < -0.3 is 20.2 Å². The van der Waals surface area contributed by atoms with Gasteiger partial charge in [-0.3, -0.25) is 14.5 Å². The fourth-order valence-electron chi connectivity index (χ4n) is 3.66. The molecule has 0 saturated carbocycles. The SMILES string of the molecule is CCOc1cccc2cc(C(=O)Nc3sc4c(c3C(N)=O)CCN(CC)C4)oc12. The second-order valence-electron chi connectivity index (χ2n) is 6.86. The first kappa shape index (κ1) is 19.5. The van der Waals surface area contributed by atoms with Gasteiger partial charge in [-0.1, -0.05) is 19.1 Å². The lowest BCUT2D eigenvalue weighted by molar-refractivity contribution is 0.0998. The van der Waals surface area contributed by atoms with Crippen LogP contribution >= 0.6 is 11.3 Å². The number of fused-ring (bicyclic) bond motifs is 2. The summed E-state index contributed by atoms with van der Waals surface area (Å²) in [4.78, 5) is 28.3. The standard InChI is InChI=1S/C21H23N3O4S/c1-3-24-9-8-13-16(11-24)29-21(17(13)19(22)25)23-20(26)15-10-12-6-5-7-14(27-4-2)18(12)28-15/h5-7,10H,3-4,8-9,11H2,1-2H3,(H2,22,25)(H,23,26). The van der Waals surface area contributed by atoms with Crippen LogP contribution in [0.1, 0.15) is 45.2 Å². The normalized spacial score (nSPS) is 14.0. The first-order valence-electron chi connectivity index (χ1n) is 9.65. The molecule has 0 saturated heterocycles. The maximum Gasteiger partial charge on any atom is 0.292 e. The number of furan rings is 1. The van der Waals surface area contributed by atoms with E-state index < -0.39 is 11.8 Å². The van der Waals surface area contributed by atoms with Crippen molar-refractivity contribution in [3.05, 3.63) is 46.0 Å². The fourth-order valence-corrected chi connectivity index (χ4v) is 4.95. The summed E-state index contributed by atoms with van der Waals surface area (Å²) < 4.78 is 11.3. The largest absolute Gasteiger partial charge is 0.490 e. The number of nitrogens with one attached hydrogen (secondary N) is 1. The molecule has 3 aromatic rings. The lowest BCUT2D eigenvalue weighted by atomic mass is 10.0. The molecule has 152 valence electrons. The molecule has 1 aromatic carbocycles. The highest BCUT2D eigenvalue weighted by molar-refractivity contribution is 7.17. The van der Waals surface area contributed by atoms with Gasteiger partial charge in [-0.05, 0) is 37.6 Å². The lowest BCUT2D eigenvalue weighted by Gasteiger charge is -2.25. The van der Waals surface area contributed by atoms with E-state index in [0.717, 1.165) is 41.9 Å². The number of ether oxygens (including phenoxy) is 1. The van der Waals surface area contributed by atoms with Gasteiger partial charge in [0.15, 0.2) is 17.1 Å². The van der Waals surface area contributed by atoms with E-state index >= 15 is 0 Å². The lowest BCUT2D eigenvalue weighted by Crippen LogP contribution is -2.30. The number of thiophene rings is 1. The molecule has 0 unspecified atom stereocenters. The van der Waals surface area contributed by atoms with E-state index in [0.29, 0.717) is 28.5 Å². The van der Waals surface area contributed by atoms with Crippen LogP contribution in [0.2, 0.25) is 0 Å². The number of anilines is 1. The Hall–Kier alpha value is -2.84. The van der Waals surface area contributed by atoms with Gasteiger partial charge in [0.25, 0.3) is 11.8 Å². The summed E-state index contributed by atoms with van der Waals surface area (Å²) in [6.45, 7) is 7.06. The Labute approximate surface area is 172 Å². The molecule has 2 amide bonds. The van der Waals surface area contributed by atoms with Gasteiger partial charge in [-0.25, -0.2) is 0 Å². The summed E-state index contributed by atoms with van der Waals surface area (Å²) in [7, 11) is 0. The van der Waals surface area contributed by atoms with Crippen molar-refractivity contribution in [1.29, 1.82) is 0 Å². The minimum atomic E-state index is -0.522. The second kappa shape index (κ2) is 7.88. The molecule has 0 radical (unpaired) electrons. The molecule has 8 heteroatoms. The summed E-state index contributed by atoms with van der Waals surface area (Å²) in [5.41, 5.74) is 7.54. The smallest absolute Gasteiger partial charge is 0.292 e. The van der Waals surface area contributed by atoms with E-state index in [1.165, 1.54) is 11.3 Å². The molecule has 1 aliphatic heterocycles. The Bertz CT molecular complexity index is 1090. The molecular weight excluding hydrogens is 390 g/mol. The summed E-state index contributed by atoms with van der Waals surface area (Å²) in [6, 6.07) is 7.18. The number of nitrogens with two attached hydrogens (primary N) is 1. The van der Waals surface area contributed by atoms with Crippen molar-refractivity contribution in [3.8, 4) is 5.75 Å². The van der Waals surface area contributed by atoms with Gasteiger partial charge in [0, 0.05) is 23.4 Å². The van der Waals surface area contributed by atoms with E-state index in [1.807, 2.05) is 19.1 Å². The van der Waals surface area contributed by atoms with E-state index in [4.69, 9.17) is 14.9 Å². The first-order valence-corrected chi connectivity index (χ1v) is 10.5. The van der Waals surface area contributed by atoms with Crippen molar-refractivity contribution in [2.45, 2.75) is 26.8 Å². The average Bonchev–Trinajstić information content (AvgIpc) is 3.29. The Kier molecular flexibility index (Phi) is 5.29. The predicted octanol–water partition coefficient (Wildman–Crippen LogP) is 3.62. The Morgan fingerprint density at radius 2 is 2.17 bits per heavy atom. The summed E-state index contributed by atoms with van der Waals surface area (Å²) in [5, 5.41) is 4.10. The zero-order valence-electron chi connectivity index (χ0n) is 16.4. The second-order valence-corrected chi connectivity index (χ2v) is 7.97. The number of nitrogens with zero attached hydrogens (tertiary/aromatic N) is 1. The van der Waals surface area contributed by atoms with Gasteiger partial charge in [0.2, 0.25) is 0 Å². The van der Waals surface area contributed by atoms with Crippen LogP contribution in [-0.2, 0) is 13.0 Å². The molecule has 0 bridgehead atoms. The molecule has 0 atom stereocenters. The van der Waals surface area contributed by atoms with Crippen LogP contribution in [-0.4, -0.2) is 36.4 Å². The molecule has 1 aliphatic rings. The van der Waals surface area contributed by atoms with Crippen molar-refractivity contribution in [3.63, 3.8) is 0 Å². The van der Waals surface area contributed by atoms with Crippen molar-refractivity contribution in [1.82, 2.24) is 4.90 Å². The van der Waals surface area contributed by atoms with E-state index in [-0.39, 0.29) is 5.76 Å². The zero-order valence-corrected chi connectivity index (χ0v) is 17.2. The summed E-state index contributed by atoms with van der Waals surface area (Å²) in [6.07, 6.45) is 0.746. The molecule has 0 fully saturated rings. The molecule has 0 spiro atoms. The van der Waals surface area contributed by atoms with Crippen LogP contribution in [0.25, 0.3) is 11.0 Å². The zero-order chi connectivity index (χ0) is 20.5. The number of carbonyl (C=O) groups is 2. The molecule has 3 N–H and O–H groups in total. The van der Waals surface area contributed by atoms with Crippen LogP contribution in [0, 0.1) is 0 Å². The molecule has 2 aromatic heterocycles. The number of amides is 2. The number of hydrogen-bond donors (Lipinski definition) is 2. The van der Waals surface area contributed by atoms with Gasteiger partial charge >= 0.3 is 0 Å². The summed E-state index contributed by atoms with van der Waals surface area (Å²) >= 11 is 1.41. The average molecular weight is 413 g/mol. The first-order chi connectivity index (χ1) is 14.0. The van der Waals surface area contributed by atoms with Gasteiger partial charge in [0.05, 0.1) is 12.2 Å². The Balaban J connectivity index is 1.65. The van der Waals surface area contributed by atoms with Crippen molar-refractivity contribution in [2.75, 3.05) is 25.0 Å². The van der Waals surface area contributed by atoms with Crippen LogP contribution in [0.15, 0.2) is 28.7 Å². The predicted molar refractivity (Wildman–Crippen MR) is 113 cm³/mol. The monoisotopic (exact) mass is 413 g/mol. The van der Waals surface area contributed by atoms with E-state index in [1.54, 1.807) is 12.1 Å². The minimum Gasteiger partial charge on any atom is -0.490 e. The Morgan fingerprint density at radius 1 is 1.34 bits per heavy atom. The topological polar surface area (TPSA) is 97.8 Å². The fraction of sp³-hybridized carbons (Fsp3) is 0.333. The molecule has 0 aliphatic carbocycles. The van der Waals surface area contributed by atoms with Crippen molar-refractivity contribution < 1.29 is 18.7 Å². The van der Waals surface area contributed by atoms with Crippen molar-refractivity contribution >= 4 is 39.1 Å².